The molecule has 2 aromatic carbocycles. The van der Waals surface area contributed by atoms with Crippen LogP contribution in [0.3, 0.4) is 0 Å². The van der Waals surface area contributed by atoms with Crippen molar-refractivity contribution in [1.82, 2.24) is 0 Å². The van der Waals surface area contributed by atoms with Crippen molar-refractivity contribution < 1.29 is 17.9 Å². The van der Waals surface area contributed by atoms with Crippen molar-refractivity contribution in [1.29, 1.82) is 0 Å². The predicted molar refractivity (Wildman–Crippen MR) is 76.4 cm³/mol. The molecule has 0 saturated carbocycles. The van der Waals surface area contributed by atoms with Crippen LogP contribution in [0.2, 0.25) is 5.02 Å². The van der Waals surface area contributed by atoms with Crippen LogP contribution in [-0.2, 0) is 0 Å². The molecule has 0 aliphatic rings. The Hall–Kier alpha value is -1.88. The van der Waals surface area contributed by atoms with E-state index in [4.69, 9.17) is 16.3 Å². The van der Waals surface area contributed by atoms with Crippen molar-refractivity contribution in [2.24, 2.45) is 0 Å². The van der Waals surface area contributed by atoms with E-state index in [9.17, 15) is 13.2 Å². The van der Waals surface area contributed by atoms with Crippen molar-refractivity contribution in [2.45, 2.75) is 13.0 Å². The topological polar surface area (TPSA) is 21.3 Å². The van der Waals surface area contributed by atoms with Crippen molar-refractivity contribution in [3.8, 4) is 5.75 Å². The van der Waals surface area contributed by atoms with Gasteiger partial charge in [-0.15, -0.1) is 0 Å². The Morgan fingerprint density at radius 1 is 1.14 bits per heavy atom. The zero-order valence-electron chi connectivity index (χ0n) is 11.4. The Kier molecular flexibility index (Phi) is 4.63. The first-order valence-corrected chi connectivity index (χ1v) is 6.55. The molecule has 0 fully saturated rings. The summed E-state index contributed by atoms with van der Waals surface area (Å²) in [6.07, 6.45) is 0. The van der Waals surface area contributed by atoms with Crippen LogP contribution >= 0.6 is 11.6 Å². The van der Waals surface area contributed by atoms with E-state index in [0.717, 1.165) is 6.07 Å². The summed E-state index contributed by atoms with van der Waals surface area (Å²) < 4.78 is 45.8. The minimum absolute atomic E-state index is 0.0872. The van der Waals surface area contributed by atoms with Crippen molar-refractivity contribution in [3.05, 3.63) is 58.4 Å². The highest BCUT2D eigenvalue weighted by molar-refractivity contribution is 6.33. The molecule has 0 amide bonds. The minimum atomic E-state index is -0.845. The van der Waals surface area contributed by atoms with Crippen LogP contribution in [0.4, 0.5) is 18.9 Å². The number of hydrogen-bond acceptors (Lipinski definition) is 2. The van der Waals surface area contributed by atoms with Gasteiger partial charge in [-0.3, -0.25) is 0 Å². The van der Waals surface area contributed by atoms with Gasteiger partial charge in [0.05, 0.1) is 29.4 Å². The number of benzene rings is 2. The first kappa shape index (κ1) is 15.5. The highest BCUT2D eigenvalue weighted by Gasteiger charge is 2.19. The lowest BCUT2D eigenvalue weighted by atomic mass is 10.1. The molecule has 0 heterocycles. The molecule has 2 rings (SSSR count). The fourth-order valence-corrected chi connectivity index (χ4v) is 2.33. The third-order valence-corrected chi connectivity index (χ3v) is 3.33. The lowest BCUT2D eigenvalue weighted by molar-refractivity contribution is 0.402. The van der Waals surface area contributed by atoms with Gasteiger partial charge < -0.3 is 10.1 Å². The predicted octanol–water partition coefficient (Wildman–Crippen LogP) is 4.94. The lowest BCUT2D eigenvalue weighted by Crippen LogP contribution is -2.12. The standard InChI is InChI=1S/C15H13ClF3NO/c1-8(14-11(18)4-3-5-13(14)21-2)20-15-10(16)6-9(17)7-12(15)19/h3-8,20H,1-2H3. The smallest absolute Gasteiger partial charge is 0.150 e. The molecular weight excluding hydrogens is 303 g/mol. The Bertz CT molecular complexity index is 640. The molecule has 1 unspecified atom stereocenters. The van der Waals surface area contributed by atoms with Gasteiger partial charge in [-0.2, -0.15) is 0 Å². The molecule has 0 saturated heterocycles. The van der Waals surface area contributed by atoms with Gasteiger partial charge in [0.25, 0.3) is 0 Å². The van der Waals surface area contributed by atoms with Gasteiger partial charge in [0.2, 0.25) is 0 Å². The molecular formula is C15H13ClF3NO. The van der Waals surface area contributed by atoms with Crippen molar-refractivity contribution >= 4 is 17.3 Å². The third-order valence-electron chi connectivity index (χ3n) is 3.03. The van der Waals surface area contributed by atoms with E-state index in [1.54, 1.807) is 13.0 Å². The van der Waals surface area contributed by atoms with Crippen LogP contribution in [-0.4, -0.2) is 7.11 Å². The first-order valence-electron chi connectivity index (χ1n) is 6.17. The van der Waals surface area contributed by atoms with E-state index in [2.05, 4.69) is 5.32 Å². The zero-order valence-corrected chi connectivity index (χ0v) is 12.1. The Labute approximate surface area is 125 Å². The van der Waals surface area contributed by atoms with Crippen LogP contribution < -0.4 is 10.1 Å². The van der Waals surface area contributed by atoms with E-state index in [-0.39, 0.29) is 16.3 Å². The second kappa shape index (κ2) is 6.26. The maximum Gasteiger partial charge on any atom is 0.150 e. The maximum atomic E-state index is 13.9. The largest absolute Gasteiger partial charge is 0.496 e. The van der Waals surface area contributed by atoms with Crippen LogP contribution in [0.15, 0.2) is 30.3 Å². The fraction of sp³-hybridized carbons (Fsp3) is 0.200. The fourth-order valence-electron chi connectivity index (χ4n) is 2.08. The van der Waals surface area contributed by atoms with Crippen LogP contribution in [0, 0.1) is 17.5 Å². The molecule has 1 N–H and O–H groups in total. The summed E-state index contributed by atoms with van der Waals surface area (Å²) in [5.74, 6) is -1.79. The number of methoxy groups -OCH3 is 1. The van der Waals surface area contributed by atoms with E-state index in [1.165, 1.54) is 19.2 Å². The Morgan fingerprint density at radius 2 is 1.86 bits per heavy atom. The molecule has 2 nitrogen and oxygen atoms in total. The van der Waals surface area contributed by atoms with Crippen LogP contribution in [0.1, 0.15) is 18.5 Å². The average molecular weight is 316 g/mol. The molecule has 0 radical (unpaired) electrons. The number of hydrogen-bond donors (Lipinski definition) is 1. The van der Waals surface area contributed by atoms with Gasteiger partial charge in [0, 0.05) is 6.07 Å². The monoisotopic (exact) mass is 315 g/mol. The molecule has 112 valence electrons. The molecule has 6 heteroatoms. The number of halogens is 4. The molecule has 0 aliphatic carbocycles. The minimum Gasteiger partial charge on any atom is -0.496 e. The molecule has 2 aromatic rings. The van der Waals surface area contributed by atoms with Crippen molar-refractivity contribution in [2.75, 3.05) is 12.4 Å². The summed E-state index contributed by atoms with van der Waals surface area (Å²) in [7, 11) is 1.41. The molecule has 0 spiro atoms. The van der Waals surface area contributed by atoms with Crippen LogP contribution in [0.5, 0.6) is 5.75 Å². The molecule has 0 aromatic heterocycles. The second-order valence-electron chi connectivity index (χ2n) is 4.47. The quantitative estimate of drug-likeness (QED) is 0.863. The summed E-state index contributed by atoms with van der Waals surface area (Å²) in [6.45, 7) is 1.63. The normalized spacial score (nSPS) is 12.1. The third kappa shape index (κ3) is 3.24. The zero-order chi connectivity index (χ0) is 15.6. The average Bonchev–Trinajstić information content (AvgIpc) is 2.42. The van der Waals surface area contributed by atoms with Crippen LogP contribution in [0.25, 0.3) is 0 Å². The number of rotatable bonds is 4. The van der Waals surface area contributed by atoms with Gasteiger partial charge in [-0.1, -0.05) is 17.7 Å². The first-order chi connectivity index (χ1) is 9.93. The maximum absolute atomic E-state index is 13.9. The molecule has 0 aliphatic heterocycles. The summed E-state index contributed by atoms with van der Waals surface area (Å²) in [4.78, 5) is 0. The van der Waals surface area contributed by atoms with Gasteiger partial charge in [0.1, 0.15) is 17.4 Å². The second-order valence-corrected chi connectivity index (χ2v) is 4.87. The van der Waals surface area contributed by atoms with E-state index in [1.807, 2.05) is 0 Å². The highest BCUT2D eigenvalue weighted by Crippen LogP contribution is 2.34. The number of ether oxygens (including phenoxy) is 1. The summed E-state index contributed by atoms with van der Waals surface area (Å²) >= 11 is 5.81. The number of anilines is 1. The SMILES string of the molecule is COc1cccc(F)c1C(C)Nc1c(F)cc(F)cc1Cl. The van der Waals surface area contributed by atoms with Gasteiger partial charge in [0.15, 0.2) is 5.82 Å². The highest BCUT2D eigenvalue weighted by atomic mass is 35.5. The Morgan fingerprint density at radius 3 is 2.48 bits per heavy atom. The van der Waals surface area contributed by atoms with E-state index in [0.29, 0.717) is 11.8 Å². The summed E-state index contributed by atoms with van der Waals surface area (Å²) in [5.41, 5.74) is 0.149. The van der Waals surface area contributed by atoms with E-state index >= 15 is 0 Å². The Balaban J connectivity index is 2.37. The summed E-state index contributed by atoms with van der Waals surface area (Å²) in [5, 5.41) is 2.63. The van der Waals surface area contributed by atoms with Gasteiger partial charge >= 0.3 is 0 Å². The molecule has 1 atom stereocenters. The van der Waals surface area contributed by atoms with E-state index < -0.39 is 23.5 Å². The van der Waals surface area contributed by atoms with Gasteiger partial charge in [-0.25, -0.2) is 13.2 Å². The summed E-state index contributed by atoms with van der Waals surface area (Å²) in [6, 6.07) is 5.45. The molecule has 0 bridgehead atoms. The molecule has 21 heavy (non-hydrogen) atoms. The number of nitrogens with one attached hydrogen (secondary N) is 1. The van der Waals surface area contributed by atoms with Crippen molar-refractivity contribution in [3.63, 3.8) is 0 Å². The lowest BCUT2D eigenvalue weighted by Gasteiger charge is -2.20. The van der Waals surface area contributed by atoms with Gasteiger partial charge in [-0.05, 0) is 25.1 Å².